The maximum atomic E-state index is 11.6. The minimum atomic E-state index is -3.46. The third-order valence-electron chi connectivity index (χ3n) is 2.79. The molecule has 0 spiro atoms. The molecule has 0 aliphatic rings. The molecular formula is C13H19NO6S. The molecular weight excluding hydrogens is 298 g/mol. The number of sulfonamides is 1. The van der Waals surface area contributed by atoms with Gasteiger partial charge in [-0.1, -0.05) is 0 Å². The molecule has 118 valence electrons. The summed E-state index contributed by atoms with van der Waals surface area (Å²) >= 11 is 0. The predicted octanol–water partition coefficient (Wildman–Crippen LogP) is 0.944. The number of methoxy groups -OCH3 is 1. The molecule has 0 amide bonds. The normalized spacial score (nSPS) is 11.4. The number of hydrogen-bond donors (Lipinski definition) is 1. The van der Waals surface area contributed by atoms with Crippen LogP contribution in [0.3, 0.4) is 0 Å². The van der Waals surface area contributed by atoms with E-state index < -0.39 is 16.0 Å². The zero-order valence-electron chi connectivity index (χ0n) is 12.2. The fraction of sp³-hybridized carbons (Fsp3) is 0.462. The Labute approximate surface area is 124 Å². The highest BCUT2D eigenvalue weighted by molar-refractivity contribution is 7.92. The van der Waals surface area contributed by atoms with Gasteiger partial charge in [0.25, 0.3) is 0 Å². The fourth-order valence-corrected chi connectivity index (χ4v) is 2.07. The molecule has 0 fully saturated rings. The van der Waals surface area contributed by atoms with E-state index in [2.05, 4.69) is 0 Å². The summed E-state index contributed by atoms with van der Waals surface area (Å²) in [5, 5.41) is 9.10. The standard InChI is InChI=1S/C13H19NO6S/c1-14(21(3,17)18)12-7-10(9-20-5-4-19-2)6-11(8-12)13(15)16/h6-8H,4-5,9H2,1-3H3,(H,15,16). The first kappa shape index (κ1) is 17.4. The van der Waals surface area contributed by atoms with Crippen LogP contribution < -0.4 is 4.31 Å². The number of ether oxygens (including phenoxy) is 2. The van der Waals surface area contributed by atoms with E-state index in [1.54, 1.807) is 13.2 Å². The monoisotopic (exact) mass is 317 g/mol. The van der Waals surface area contributed by atoms with E-state index >= 15 is 0 Å². The van der Waals surface area contributed by atoms with E-state index in [4.69, 9.17) is 14.6 Å². The average Bonchev–Trinajstić information content (AvgIpc) is 2.41. The topological polar surface area (TPSA) is 93.1 Å². The van der Waals surface area contributed by atoms with Crippen LogP contribution in [0.5, 0.6) is 0 Å². The quantitative estimate of drug-likeness (QED) is 0.717. The summed E-state index contributed by atoms with van der Waals surface area (Å²) in [6, 6.07) is 4.34. The van der Waals surface area contributed by atoms with Gasteiger partial charge in [0, 0.05) is 14.2 Å². The van der Waals surface area contributed by atoms with E-state index in [9.17, 15) is 13.2 Å². The maximum Gasteiger partial charge on any atom is 0.335 e. The lowest BCUT2D eigenvalue weighted by Gasteiger charge is -2.18. The minimum absolute atomic E-state index is 0.00772. The molecule has 8 heteroatoms. The van der Waals surface area contributed by atoms with Crippen molar-refractivity contribution in [3.8, 4) is 0 Å². The van der Waals surface area contributed by atoms with Gasteiger partial charge in [-0.15, -0.1) is 0 Å². The highest BCUT2D eigenvalue weighted by Crippen LogP contribution is 2.21. The molecule has 0 aromatic heterocycles. The van der Waals surface area contributed by atoms with E-state index in [0.29, 0.717) is 18.8 Å². The van der Waals surface area contributed by atoms with Crippen molar-refractivity contribution in [2.24, 2.45) is 0 Å². The van der Waals surface area contributed by atoms with Crippen LogP contribution >= 0.6 is 0 Å². The molecule has 0 unspecified atom stereocenters. The first-order valence-electron chi connectivity index (χ1n) is 6.13. The second kappa shape index (κ2) is 7.39. The Morgan fingerprint density at radius 2 is 1.95 bits per heavy atom. The number of carboxylic acid groups (broad SMARTS) is 1. The number of rotatable bonds is 8. The lowest BCUT2D eigenvalue weighted by atomic mass is 10.1. The molecule has 0 atom stereocenters. The zero-order chi connectivity index (χ0) is 16.0. The number of carbonyl (C=O) groups is 1. The summed E-state index contributed by atoms with van der Waals surface area (Å²) in [7, 11) is -0.549. The van der Waals surface area contributed by atoms with Crippen molar-refractivity contribution in [2.45, 2.75) is 6.61 Å². The van der Waals surface area contributed by atoms with Gasteiger partial charge < -0.3 is 14.6 Å². The Morgan fingerprint density at radius 3 is 2.48 bits per heavy atom. The molecule has 0 heterocycles. The largest absolute Gasteiger partial charge is 0.478 e. The molecule has 1 aromatic rings. The molecule has 7 nitrogen and oxygen atoms in total. The summed E-state index contributed by atoms with van der Waals surface area (Å²) in [6.07, 6.45) is 1.05. The van der Waals surface area contributed by atoms with Crippen LogP contribution in [-0.4, -0.2) is 53.1 Å². The second-order valence-corrected chi connectivity index (χ2v) is 6.48. The first-order valence-corrected chi connectivity index (χ1v) is 7.98. The molecule has 1 aromatic carbocycles. The Morgan fingerprint density at radius 1 is 1.29 bits per heavy atom. The maximum absolute atomic E-state index is 11.6. The van der Waals surface area contributed by atoms with Gasteiger partial charge >= 0.3 is 5.97 Å². The van der Waals surface area contributed by atoms with Crippen LogP contribution in [0.15, 0.2) is 18.2 Å². The molecule has 0 bridgehead atoms. The second-order valence-electron chi connectivity index (χ2n) is 4.47. The summed E-state index contributed by atoms with van der Waals surface area (Å²) in [6.45, 7) is 0.967. The van der Waals surface area contributed by atoms with Crippen molar-refractivity contribution in [3.05, 3.63) is 29.3 Å². The molecule has 21 heavy (non-hydrogen) atoms. The smallest absolute Gasteiger partial charge is 0.335 e. The van der Waals surface area contributed by atoms with Crippen molar-refractivity contribution >= 4 is 21.7 Å². The van der Waals surface area contributed by atoms with E-state index in [1.165, 1.54) is 19.2 Å². The van der Waals surface area contributed by atoms with E-state index in [-0.39, 0.29) is 17.9 Å². The van der Waals surface area contributed by atoms with Crippen LogP contribution in [0, 0.1) is 0 Å². The SMILES string of the molecule is COCCOCc1cc(C(=O)O)cc(N(C)S(C)(=O)=O)c1. The first-order chi connectivity index (χ1) is 9.75. The number of hydrogen-bond acceptors (Lipinski definition) is 5. The van der Waals surface area contributed by atoms with Crippen LogP contribution in [0.25, 0.3) is 0 Å². The zero-order valence-corrected chi connectivity index (χ0v) is 13.0. The van der Waals surface area contributed by atoms with Gasteiger partial charge in [-0.3, -0.25) is 4.31 Å². The molecule has 1 N–H and O–H groups in total. The minimum Gasteiger partial charge on any atom is -0.478 e. The van der Waals surface area contributed by atoms with Gasteiger partial charge in [0.05, 0.1) is 37.3 Å². The summed E-state index contributed by atoms with van der Waals surface area (Å²) in [5.41, 5.74) is 0.868. The molecule has 0 aliphatic heterocycles. The molecule has 0 aliphatic carbocycles. The number of carboxylic acids is 1. The highest BCUT2D eigenvalue weighted by Gasteiger charge is 2.15. The van der Waals surface area contributed by atoms with Crippen LogP contribution in [0.2, 0.25) is 0 Å². The summed E-state index contributed by atoms with van der Waals surface area (Å²) < 4.78 is 34.3. The van der Waals surface area contributed by atoms with Gasteiger partial charge in [0.1, 0.15) is 0 Å². The number of benzene rings is 1. The lowest BCUT2D eigenvalue weighted by Crippen LogP contribution is -2.25. The Balaban J connectivity index is 3.03. The molecule has 0 saturated heterocycles. The number of nitrogens with zero attached hydrogens (tertiary/aromatic N) is 1. The van der Waals surface area contributed by atoms with Crippen molar-refractivity contribution in [1.82, 2.24) is 0 Å². The van der Waals surface area contributed by atoms with Crippen LogP contribution in [0.1, 0.15) is 15.9 Å². The number of anilines is 1. The average molecular weight is 317 g/mol. The van der Waals surface area contributed by atoms with Crippen LogP contribution in [0.4, 0.5) is 5.69 Å². The van der Waals surface area contributed by atoms with E-state index in [1.807, 2.05) is 0 Å². The molecule has 0 saturated carbocycles. The van der Waals surface area contributed by atoms with Gasteiger partial charge in [-0.25, -0.2) is 13.2 Å². The predicted molar refractivity (Wildman–Crippen MR) is 78.2 cm³/mol. The third kappa shape index (κ3) is 5.33. The van der Waals surface area contributed by atoms with Gasteiger partial charge in [0.15, 0.2) is 0 Å². The Kier molecular flexibility index (Phi) is 6.13. The summed E-state index contributed by atoms with van der Waals surface area (Å²) in [4.78, 5) is 11.1. The summed E-state index contributed by atoms with van der Waals surface area (Å²) in [5.74, 6) is -1.13. The van der Waals surface area contributed by atoms with Crippen molar-refractivity contribution < 1.29 is 27.8 Å². The Hall–Kier alpha value is -1.64. The lowest BCUT2D eigenvalue weighted by molar-refractivity contribution is 0.0614. The molecule has 1 rings (SSSR count). The van der Waals surface area contributed by atoms with Gasteiger partial charge in [0.2, 0.25) is 10.0 Å². The third-order valence-corrected chi connectivity index (χ3v) is 3.99. The van der Waals surface area contributed by atoms with Crippen LogP contribution in [-0.2, 0) is 26.1 Å². The van der Waals surface area contributed by atoms with Gasteiger partial charge in [-0.05, 0) is 23.8 Å². The van der Waals surface area contributed by atoms with Gasteiger partial charge in [-0.2, -0.15) is 0 Å². The number of aromatic carboxylic acids is 1. The van der Waals surface area contributed by atoms with Crippen molar-refractivity contribution in [1.29, 1.82) is 0 Å². The van der Waals surface area contributed by atoms with Crippen molar-refractivity contribution in [2.75, 3.05) is 37.9 Å². The fourth-order valence-electron chi connectivity index (χ4n) is 1.59. The Bertz CT molecular complexity index is 599. The van der Waals surface area contributed by atoms with Crippen molar-refractivity contribution in [3.63, 3.8) is 0 Å². The highest BCUT2D eigenvalue weighted by atomic mass is 32.2. The molecule has 0 radical (unpaired) electrons. The van der Waals surface area contributed by atoms with E-state index in [0.717, 1.165) is 10.6 Å².